The maximum Gasteiger partial charge on any atom is 0.159 e. The number of hydrogen-bond donors (Lipinski definition) is 3. The van der Waals surface area contributed by atoms with Crippen molar-refractivity contribution in [1.29, 1.82) is 5.41 Å². The minimum absolute atomic E-state index is 0.0361. The minimum atomic E-state index is -1.01. The molecule has 1 unspecified atom stereocenters. The van der Waals surface area contributed by atoms with Gasteiger partial charge in [0.05, 0.1) is 22.4 Å². The van der Waals surface area contributed by atoms with Gasteiger partial charge < -0.3 is 11.1 Å². The Bertz CT molecular complexity index is 1260. The zero-order chi connectivity index (χ0) is 23.5. The topological polar surface area (TPSA) is 87.7 Å². The van der Waals surface area contributed by atoms with Gasteiger partial charge in [-0.05, 0) is 66.8 Å². The number of nitrogens with two attached hydrogens (primary N) is 1. The van der Waals surface area contributed by atoms with Crippen LogP contribution in [0.5, 0.6) is 0 Å². The van der Waals surface area contributed by atoms with E-state index in [0.29, 0.717) is 28.9 Å². The van der Waals surface area contributed by atoms with Gasteiger partial charge in [0.1, 0.15) is 0 Å². The van der Waals surface area contributed by atoms with Crippen LogP contribution in [0.25, 0.3) is 22.2 Å². The highest BCUT2D eigenvalue weighted by atomic mass is 19.2. The highest BCUT2D eigenvalue weighted by molar-refractivity contribution is 6.30. The first-order chi connectivity index (χ1) is 15.9. The average molecular weight is 448 g/mol. The molecule has 3 aromatic rings. The Morgan fingerprint density at radius 1 is 1.15 bits per heavy atom. The van der Waals surface area contributed by atoms with Gasteiger partial charge >= 0.3 is 0 Å². The predicted molar refractivity (Wildman–Crippen MR) is 129 cm³/mol. The summed E-state index contributed by atoms with van der Waals surface area (Å²) in [6.45, 7) is 4.32. The molecule has 0 saturated carbocycles. The molecule has 0 bridgehead atoms. The van der Waals surface area contributed by atoms with Crippen LogP contribution in [0.4, 0.5) is 8.78 Å². The Morgan fingerprint density at radius 3 is 2.64 bits per heavy atom. The van der Waals surface area contributed by atoms with Crippen LogP contribution in [-0.4, -0.2) is 27.8 Å². The van der Waals surface area contributed by atoms with Gasteiger partial charge in [-0.15, -0.1) is 0 Å². The van der Waals surface area contributed by atoms with E-state index in [4.69, 9.17) is 11.1 Å². The Balaban J connectivity index is 1.62. The Labute approximate surface area is 192 Å². The lowest BCUT2D eigenvalue weighted by atomic mass is 9.91. The molecular formula is C26H27F2N5. The van der Waals surface area contributed by atoms with Gasteiger partial charge in [0, 0.05) is 35.6 Å². The molecule has 2 aromatic heterocycles. The number of nitrogens with one attached hydrogen (secondary N) is 2. The number of benzene rings is 1. The zero-order valence-corrected chi connectivity index (χ0v) is 18.7. The van der Waals surface area contributed by atoms with E-state index in [0.717, 1.165) is 42.5 Å². The minimum Gasteiger partial charge on any atom is -0.404 e. The van der Waals surface area contributed by atoms with Gasteiger partial charge in [-0.1, -0.05) is 19.9 Å². The smallest absolute Gasteiger partial charge is 0.159 e. The third-order valence-corrected chi connectivity index (χ3v) is 5.81. The predicted octanol–water partition coefficient (Wildman–Crippen LogP) is 5.21. The number of nitrogens with zero attached hydrogens (tertiary/aromatic N) is 2. The Hall–Kier alpha value is -3.45. The standard InChI is InChI=1S/C26H27F2N5/c1-15(2)32-19-6-3-16(4-7-19)18-12-25-24(31-14-18)10-9-23(33-25)20(13-29)26(30)17-5-8-21(27)22(28)11-17/h3,5,8-15,19,30,32H,4,6-7,29H2,1-2H3/b20-13-,30-26?. The lowest BCUT2D eigenvalue weighted by Crippen LogP contribution is -2.35. The second kappa shape index (κ2) is 9.58. The molecular weight excluding hydrogens is 420 g/mol. The largest absolute Gasteiger partial charge is 0.404 e. The lowest BCUT2D eigenvalue weighted by molar-refractivity contribution is 0.437. The van der Waals surface area contributed by atoms with Crippen LogP contribution in [0.3, 0.4) is 0 Å². The second-order valence-corrected chi connectivity index (χ2v) is 8.56. The molecule has 0 spiro atoms. The molecule has 1 atom stereocenters. The molecule has 1 aliphatic rings. The number of hydrogen-bond acceptors (Lipinski definition) is 5. The van der Waals surface area contributed by atoms with E-state index in [9.17, 15) is 8.78 Å². The number of fused-ring (bicyclic) bond motifs is 1. The molecule has 4 rings (SSSR count). The van der Waals surface area contributed by atoms with Gasteiger partial charge in [0.15, 0.2) is 11.6 Å². The molecule has 1 aromatic carbocycles. The first-order valence-electron chi connectivity index (χ1n) is 11.0. The molecule has 0 amide bonds. The van der Waals surface area contributed by atoms with Crippen molar-refractivity contribution in [1.82, 2.24) is 15.3 Å². The number of allylic oxidation sites excluding steroid dienone is 2. The lowest BCUT2D eigenvalue weighted by Gasteiger charge is -2.25. The summed E-state index contributed by atoms with van der Waals surface area (Å²) >= 11 is 0. The summed E-state index contributed by atoms with van der Waals surface area (Å²) in [6.07, 6.45) is 8.41. The summed E-state index contributed by atoms with van der Waals surface area (Å²) in [4.78, 5) is 9.24. The van der Waals surface area contributed by atoms with Gasteiger partial charge in [-0.3, -0.25) is 10.4 Å². The summed E-state index contributed by atoms with van der Waals surface area (Å²) < 4.78 is 27.0. The highest BCUT2D eigenvalue weighted by Crippen LogP contribution is 2.29. The average Bonchev–Trinajstić information content (AvgIpc) is 2.81. The second-order valence-electron chi connectivity index (χ2n) is 8.56. The highest BCUT2D eigenvalue weighted by Gasteiger charge is 2.18. The maximum atomic E-state index is 13.7. The monoisotopic (exact) mass is 447 g/mol. The zero-order valence-electron chi connectivity index (χ0n) is 18.7. The first kappa shape index (κ1) is 22.7. The molecule has 0 aliphatic heterocycles. The van der Waals surface area contributed by atoms with Gasteiger partial charge in [-0.25, -0.2) is 13.8 Å². The third kappa shape index (κ3) is 4.98. The van der Waals surface area contributed by atoms with E-state index in [1.165, 1.54) is 17.8 Å². The van der Waals surface area contributed by atoms with Crippen molar-refractivity contribution < 1.29 is 8.78 Å². The molecule has 5 nitrogen and oxygen atoms in total. The van der Waals surface area contributed by atoms with Crippen LogP contribution in [0.2, 0.25) is 0 Å². The molecule has 0 radical (unpaired) electrons. The molecule has 170 valence electrons. The van der Waals surface area contributed by atoms with E-state index >= 15 is 0 Å². The molecule has 4 N–H and O–H groups in total. The summed E-state index contributed by atoms with van der Waals surface area (Å²) in [7, 11) is 0. The summed E-state index contributed by atoms with van der Waals surface area (Å²) in [5.41, 5.74) is 10.5. The fourth-order valence-electron chi connectivity index (χ4n) is 4.16. The van der Waals surface area contributed by atoms with E-state index < -0.39 is 11.6 Å². The van der Waals surface area contributed by atoms with Crippen molar-refractivity contribution in [3.05, 3.63) is 83.3 Å². The third-order valence-electron chi connectivity index (χ3n) is 5.81. The van der Waals surface area contributed by atoms with E-state index in [1.807, 2.05) is 18.3 Å². The van der Waals surface area contributed by atoms with Crippen LogP contribution in [0.15, 0.2) is 54.9 Å². The van der Waals surface area contributed by atoms with Crippen LogP contribution >= 0.6 is 0 Å². The number of aromatic nitrogens is 2. The van der Waals surface area contributed by atoms with Crippen LogP contribution in [0.1, 0.15) is 49.9 Å². The normalized spacial score (nSPS) is 16.8. The quantitative estimate of drug-likeness (QED) is 0.453. The molecule has 2 heterocycles. The van der Waals surface area contributed by atoms with Crippen LogP contribution in [-0.2, 0) is 0 Å². The molecule has 7 heteroatoms. The molecule has 0 saturated heterocycles. The van der Waals surface area contributed by atoms with Gasteiger partial charge in [-0.2, -0.15) is 0 Å². The Morgan fingerprint density at radius 2 is 1.97 bits per heavy atom. The van der Waals surface area contributed by atoms with Crippen molar-refractivity contribution in [3.8, 4) is 0 Å². The maximum absolute atomic E-state index is 13.7. The van der Waals surface area contributed by atoms with Crippen molar-refractivity contribution in [3.63, 3.8) is 0 Å². The van der Waals surface area contributed by atoms with E-state index in [-0.39, 0.29) is 11.3 Å². The fraction of sp³-hybridized carbons (Fsp3) is 0.269. The van der Waals surface area contributed by atoms with Crippen LogP contribution < -0.4 is 11.1 Å². The van der Waals surface area contributed by atoms with Crippen molar-refractivity contribution in [2.24, 2.45) is 5.73 Å². The van der Waals surface area contributed by atoms with Crippen molar-refractivity contribution in [2.75, 3.05) is 0 Å². The summed E-state index contributed by atoms with van der Waals surface area (Å²) in [5.74, 6) is -1.98. The van der Waals surface area contributed by atoms with E-state index in [2.05, 4.69) is 35.2 Å². The summed E-state index contributed by atoms with van der Waals surface area (Å²) in [5, 5.41) is 12.0. The van der Waals surface area contributed by atoms with Crippen molar-refractivity contribution >= 4 is 27.9 Å². The summed E-state index contributed by atoms with van der Waals surface area (Å²) in [6, 6.07) is 9.84. The number of rotatable bonds is 6. The van der Waals surface area contributed by atoms with E-state index in [1.54, 1.807) is 6.07 Å². The molecule has 1 aliphatic carbocycles. The number of pyridine rings is 2. The Kier molecular flexibility index (Phi) is 6.60. The molecule has 33 heavy (non-hydrogen) atoms. The van der Waals surface area contributed by atoms with Crippen LogP contribution in [0, 0.1) is 17.0 Å². The SMILES string of the molecule is CC(C)NC1CC=C(c2cnc3ccc(/C(=C/N)C(=N)c4ccc(F)c(F)c4)nc3c2)CC1. The van der Waals surface area contributed by atoms with Crippen molar-refractivity contribution in [2.45, 2.75) is 45.2 Å². The molecule has 0 fully saturated rings. The van der Waals surface area contributed by atoms with Gasteiger partial charge in [0.2, 0.25) is 0 Å². The number of halogens is 2. The first-order valence-corrected chi connectivity index (χ1v) is 11.0. The fourth-order valence-corrected chi connectivity index (χ4v) is 4.16. The van der Waals surface area contributed by atoms with Gasteiger partial charge in [0.25, 0.3) is 0 Å².